The molecule has 2 saturated heterocycles. The molecule has 194 valence electrons. The summed E-state index contributed by atoms with van der Waals surface area (Å²) >= 11 is 12.0. The zero-order valence-electron chi connectivity index (χ0n) is 20.0. The number of carbonyl (C=O) groups excluding carboxylic acids is 2. The number of hydrogen-bond acceptors (Lipinski definition) is 8. The number of hydrogen-bond donors (Lipinski definition) is 1. The van der Waals surface area contributed by atoms with E-state index < -0.39 is 0 Å². The maximum absolute atomic E-state index is 13.0. The Morgan fingerprint density at radius 2 is 1.91 bits per heavy atom. The van der Waals surface area contributed by atoms with Gasteiger partial charge in [0.25, 0.3) is 0 Å². The van der Waals surface area contributed by atoms with Crippen molar-refractivity contribution in [3.05, 3.63) is 33.8 Å². The van der Waals surface area contributed by atoms with E-state index in [1.54, 1.807) is 19.1 Å². The molecule has 2 unspecified atom stereocenters. The van der Waals surface area contributed by atoms with Crippen LogP contribution >= 0.6 is 23.2 Å². The minimum atomic E-state index is -0.169. The molecule has 1 aromatic carbocycles. The first kappa shape index (κ1) is 29.3. The molecule has 0 spiro atoms. The van der Waals surface area contributed by atoms with Crippen LogP contribution in [0.1, 0.15) is 38.2 Å². The Morgan fingerprint density at radius 1 is 1.17 bits per heavy atom. The van der Waals surface area contributed by atoms with E-state index in [4.69, 9.17) is 33.2 Å². The highest BCUT2D eigenvalue weighted by Gasteiger charge is 2.36. The molecule has 11 heteroatoms. The van der Waals surface area contributed by atoms with Gasteiger partial charge in [-0.05, 0) is 73.5 Å². The van der Waals surface area contributed by atoms with Crippen molar-refractivity contribution in [1.29, 1.82) is 0 Å². The van der Waals surface area contributed by atoms with Crippen LogP contribution in [0.2, 0.25) is 10.0 Å². The second-order valence-electron chi connectivity index (χ2n) is 8.25. The molecule has 1 amide bonds. The van der Waals surface area contributed by atoms with Gasteiger partial charge in [-0.15, -0.1) is 5.92 Å². The molecule has 0 saturated carbocycles. The summed E-state index contributed by atoms with van der Waals surface area (Å²) in [6, 6.07) is 5.34. The monoisotopic (exact) mass is 530 g/mol. The Bertz CT molecular complexity index is 884. The largest absolute Gasteiger partial charge is 0.469 e. The Kier molecular flexibility index (Phi) is 13.4. The SMILES string of the molecule is CC#CCOOOO.COC(=O)C1CCN(C(=O)Cc2ccc(Cl)c(Cl)c2)C(CN2CCCC2)C1. The summed E-state index contributed by atoms with van der Waals surface area (Å²) in [4.78, 5) is 33.4. The third-order valence-corrected chi connectivity index (χ3v) is 6.70. The summed E-state index contributed by atoms with van der Waals surface area (Å²) in [6.07, 6.45) is 4.00. The second kappa shape index (κ2) is 16.0. The Labute approximate surface area is 215 Å². The smallest absolute Gasteiger partial charge is 0.308 e. The third kappa shape index (κ3) is 9.94. The van der Waals surface area contributed by atoms with Gasteiger partial charge in [0.15, 0.2) is 0 Å². The number of esters is 1. The highest BCUT2D eigenvalue weighted by atomic mass is 35.5. The van der Waals surface area contributed by atoms with Crippen LogP contribution in [0.3, 0.4) is 0 Å². The van der Waals surface area contributed by atoms with Gasteiger partial charge in [-0.25, -0.2) is 5.26 Å². The van der Waals surface area contributed by atoms with Gasteiger partial charge in [-0.3, -0.25) is 9.59 Å². The van der Waals surface area contributed by atoms with Gasteiger partial charge < -0.3 is 14.5 Å². The summed E-state index contributed by atoms with van der Waals surface area (Å²) in [5, 5.41) is 15.1. The molecule has 2 fully saturated rings. The molecule has 1 N–H and O–H groups in total. The minimum absolute atomic E-state index is 0.0382. The van der Waals surface area contributed by atoms with Gasteiger partial charge in [0.1, 0.15) is 6.61 Å². The molecule has 0 bridgehead atoms. The van der Waals surface area contributed by atoms with Crippen molar-refractivity contribution in [3.63, 3.8) is 0 Å². The van der Waals surface area contributed by atoms with Gasteiger partial charge in [-0.1, -0.05) is 35.2 Å². The topological polar surface area (TPSA) is 97.8 Å². The van der Waals surface area contributed by atoms with Gasteiger partial charge in [0, 0.05) is 19.1 Å². The van der Waals surface area contributed by atoms with Crippen LogP contribution in [-0.2, 0) is 35.7 Å². The van der Waals surface area contributed by atoms with E-state index in [-0.39, 0.29) is 36.9 Å². The Balaban J connectivity index is 0.000000466. The first-order valence-electron chi connectivity index (χ1n) is 11.4. The molecule has 2 aliphatic rings. The van der Waals surface area contributed by atoms with Crippen molar-refractivity contribution in [3.8, 4) is 11.8 Å². The normalized spacial score (nSPS) is 19.9. The van der Waals surface area contributed by atoms with Gasteiger partial charge in [0.2, 0.25) is 5.91 Å². The van der Waals surface area contributed by atoms with E-state index in [2.05, 4.69) is 31.7 Å². The van der Waals surface area contributed by atoms with Crippen molar-refractivity contribution in [2.75, 3.05) is 39.9 Å². The summed E-state index contributed by atoms with van der Waals surface area (Å²) in [7, 11) is 1.43. The molecule has 0 radical (unpaired) electrons. The number of benzene rings is 1. The number of methoxy groups -OCH3 is 1. The third-order valence-electron chi connectivity index (χ3n) is 5.96. The molecule has 1 aromatic rings. The van der Waals surface area contributed by atoms with Crippen LogP contribution in [0.5, 0.6) is 0 Å². The predicted octanol–water partition coefficient (Wildman–Crippen LogP) is 3.77. The van der Waals surface area contributed by atoms with Crippen LogP contribution in [-0.4, -0.2) is 72.9 Å². The second-order valence-corrected chi connectivity index (χ2v) is 9.06. The maximum atomic E-state index is 13.0. The number of ether oxygens (including phenoxy) is 1. The summed E-state index contributed by atoms with van der Waals surface area (Å²) in [6.45, 7) is 5.27. The average molecular weight is 531 g/mol. The number of carbonyl (C=O) groups is 2. The molecular formula is C24H32Cl2N2O7. The first-order valence-corrected chi connectivity index (χ1v) is 12.2. The summed E-state index contributed by atoms with van der Waals surface area (Å²) < 4.78 is 4.94. The number of likely N-dealkylation sites (tertiary alicyclic amines) is 2. The molecule has 2 aliphatic heterocycles. The fourth-order valence-corrected chi connectivity index (χ4v) is 4.59. The zero-order chi connectivity index (χ0) is 25.6. The lowest BCUT2D eigenvalue weighted by Crippen LogP contribution is -2.52. The maximum Gasteiger partial charge on any atom is 0.308 e. The van der Waals surface area contributed by atoms with Gasteiger partial charge in [-0.2, -0.15) is 4.89 Å². The first-order chi connectivity index (χ1) is 16.9. The van der Waals surface area contributed by atoms with E-state index in [9.17, 15) is 9.59 Å². The Hall–Kier alpha value is -1.90. The molecule has 0 aromatic heterocycles. The van der Waals surface area contributed by atoms with Crippen molar-refractivity contribution in [2.45, 2.75) is 45.1 Å². The average Bonchev–Trinajstić information content (AvgIpc) is 3.37. The van der Waals surface area contributed by atoms with E-state index in [1.807, 2.05) is 11.0 Å². The van der Waals surface area contributed by atoms with E-state index in [0.717, 1.165) is 25.2 Å². The van der Waals surface area contributed by atoms with Crippen molar-refractivity contribution in [2.24, 2.45) is 5.92 Å². The van der Waals surface area contributed by atoms with Crippen molar-refractivity contribution < 1.29 is 34.5 Å². The molecule has 2 atom stereocenters. The van der Waals surface area contributed by atoms with Gasteiger partial charge in [0.05, 0.1) is 29.5 Å². The van der Waals surface area contributed by atoms with Crippen LogP contribution in [0, 0.1) is 17.8 Å². The number of amides is 1. The summed E-state index contributed by atoms with van der Waals surface area (Å²) in [5.74, 6) is 4.80. The molecule has 2 heterocycles. The summed E-state index contributed by atoms with van der Waals surface area (Å²) in [5.41, 5.74) is 0.851. The van der Waals surface area contributed by atoms with Crippen LogP contribution in [0.15, 0.2) is 18.2 Å². The number of nitrogens with zero attached hydrogens (tertiary/aromatic N) is 2. The molecular weight excluding hydrogens is 499 g/mol. The lowest BCUT2D eigenvalue weighted by Gasteiger charge is -2.40. The van der Waals surface area contributed by atoms with Gasteiger partial charge >= 0.3 is 5.97 Å². The fourth-order valence-electron chi connectivity index (χ4n) is 4.27. The van der Waals surface area contributed by atoms with Crippen molar-refractivity contribution in [1.82, 2.24) is 9.80 Å². The van der Waals surface area contributed by atoms with E-state index in [0.29, 0.717) is 29.4 Å². The quantitative estimate of drug-likeness (QED) is 0.178. The minimum Gasteiger partial charge on any atom is -0.469 e. The van der Waals surface area contributed by atoms with Crippen molar-refractivity contribution >= 4 is 35.1 Å². The predicted molar refractivity (Wildman–Crippen MR) is 130 cm³/mol. The number of piperidine rings is 1. The lowest BCUT2D eigenvalue weighted by atomic mass is 9.90. The number of halogens is 2. The highest BCUT2D eigenvalue weighted by molar-refractivity contribution is 6.42. The molecule has 3 rings (SSSR count). The highest BCUT2D eigenvalue weighted by Crippen LogP contribution is 2.28. The standard InChI is InChI=1S/C20H26Cl2N2O3.C4H6O4/c1-27-20(26)15-6-9-24(16(12-15)13-23-7-2-3-8-23)19(25)11-14-4-5-17(21)18(22)10-14;1-2-3-4-6-8-7-5/h4-5,10,15-16H,2-3,6-9,11-13H2,1H3;5H,4H2,1H3. The van der Waals surface area contributed by atoms with Crippen LogP contribution in [0.25, 0.3) is 0 Å². The lowest BCUT2D eigenvalue weighted by molar-refractivity contribution is -0.620. The van der Waals surface area contributed by atoms with E-state index >= 15 is 0 Å². The van der Waals surface area contributed by atoms with Crippen LogP contribution in [0.4, 0.5) is 0 Å². The fraction of sp³-hybridized carbons (Fsp3) is 0.583. The molecule has 0 aliphatic carbocycles. The Morgan fingerprint density at radius 3 is 2.54 bits per heavy atom. The number of rotatable bonds is 8. The van der Waals surface area contributed by atoms with E-state index in [1.165, 1.54) is 20.0 Å². The van der Waals surface area contributed by atoms with Crippen LogP contribution < -0.4 is 0 Å². The molecule has 9 nitrogen and oxygen atoms in total. The zero-order valence-corrected chi connectivity index (χ0v) is 21.5. The molecule has 35 heavy (non-hydrogen) atoms.